The highest BCUT2D eigenvalue weighted by Gasteiger charge is 2.69. The molecule has 1 spiro atoms. The Bertz CT molecular complexity index is 836. The molecule has 6 nitrogen and oxygen atoms in total. The van der Waals surface area contributed by atoms with Crippen LogP contribution in [0.3, 0.4) is 0 Å². The minimum absolute atomic E-state index is 0.0398. The molecule has 0 radical (unpaired) electrons. The number of ether oxygens (including phenoxy) is 2. The van der Waals surface area contributed by atoms with E-state index >= 15 is 0 Å². The lowest BCUT2D eigenvalue weighted by atomic mass is 9.57. The second-order valence-corrected chi connectivity index (χ2v) is 9.63. The molecule has 4 heterocycles. The van der Waals surface area contributed by atoms with Gasteiger partial charge in [-0.05, 0) is 56.1 Å². The van der Waals surface area contributed by atoms with E-state index in [1.165, 1.54) is 12.1 Å². The van der Waals surface area contributed by atoms with Crippen LogP contribution in [0.5, 0.6) is 0 Å². The zero-order valence-corrected chi connectivity index (χ0v) is 17.7. The molecule has 164 valence electrons. The summed E-state index contributed by atoms with van der Waals surface area (Å²) >= 11 is 0. The molecule has 1 aromatic carbocycles. The monoisotopic (exact) mass is 419 g/mol. The molecule has 2 bridgehead atoms. The largest absolute Gasteiger partial charge is 0.349 e. The summed E-state index contributed by atoms with van der Waals surface area (Å²) in [5.41, 5.74) is -0.572. The minimum atomic E-state index is -0.820. The fraction of sp³-hybridized carbons (Fsp3) is 0.696. The van der Waals surface area contributed by atoms with Gasteiger partial charge in [0.2, 0.25) is 5.79 Å². The van der Waals surface area contributed by atoms with Crippen molar-refractivity contribution in [1.82, 2.24) is 5.32 Å². The fourth-order valence-electron chi connectivity index (χ4n) is 6.15. The van der Waals surface area contributed by atoms with Gasteiger partial charge >= 0.3 is 0 Å². The third-order valence-corrected chi connectivity index (χ3v) is 7.88. The summed E-state index contributed by atoms with van der Waals surface area (Å²) in [5, 5.41) is 2.85. The maximum atomic E-state index is 14.0. The molecule has 1 aliphatic carbocycles. The highest BCUT2D eigenvalue weighted by atomic mass is 19.1. The maximum absolute atomic E-state index is 14.0. The van der Waals surface area contributed by atoms with Crippen LogP contribution in [0, 0.1) is 29.5 Å². The molecule has 1 amide bonds. The van der Waals surface area contributed by atoms with Crippen molar-refractivity contribution in [2.75, 3.05) is 6.54 Å². The van der Waals surface area contributed by atoms with Crippen molar-refractivity contribution in [2.24, 2.45) is 23.7 Å². The van der Waals surface area contributed by atoms with Gasteiger partial charge in [-0.25, -0.2) is 14.2 Å². The summed E-state index contributed by atoms with van der Waals surface area (Å²) < 4.78 is 26.7. The molecule has 1 N–H and O–H groups in total. The van der Waals surface area contributed by atoms with Crippen LogP contribution < -0.4 is 5.32 Å². The number of hydrogen-bond donors (Lipinski definition) is 1. The summed E-state index contributed by atoms with van der Waals surface area (Å²) in [7, 11) is 0. The summed E-state index contributed by atoms with van der Waals surface area (Å²) in [5.74, 6) is -0.638. The first kappa shape index (κ1) is 20.4. The van der Waals surface area contributed by atoms with Crippen LogP contribution in [0.4, 0.5) is 4.39 Å². The summed E-state index contributed by atoms with van der Waals surface area (Å²) in [6, 6.07) is 5.99. The molecule has 1 saturated carbocycles. The molecular weight excluding hydrogens is 389 g/mol. The van der Waals surface area contributed by atoms with Gasteiger partial charge in [0.15, 0.2) is 11.9 Å². The Morgan fingerprint density at radius 2 is 1.97 bits per heavy atom. The first-order valence-electron chi connectivity index (χ1n) is 11.1. The van der Waals surface area contributed by atoms with Crippen molar-refractivity contribution in [3.8, 4) is 0 Å². The molecule has 6 rings (SSSR count). The van der Waals surface area contributed by atoms with Crippen LogP contribution in [0.2, 0.25) is 0 Å². The number of halogens is 1. The molecular formula is C23H30FNO5. The zero-order valence-electron chi connectivity index (χ0n) is 17.7. The quantitative estimate of drug-likeness (QED) is 0.755. The van der Waals surface area contributed by atoms with Crippen molar-refractivity contribution in [1.29, 1.82) is 0 Å². The molecule has 7 heteroatoms. The van der Waals surface area contributed by atoms with E-state index in [0.29, 0.717) is 18.4 Å². The van der Waals surface area contributed by atoms with Crippen molar-refractivity contribution in [3.05, 3.63) is 35.6 Å². The maximum Gasteiger partial charge on any atom is 0.254 e. The van der Waals surface area contributed by atoms with E-state index in [4.69, 9.17) is 19.2 Å². The molecule has 8 atom stereocenters. The smallest absolute Gasteiger partial charge is 0.254 e. The number of carbonyl (C=O) groups excluding carboxylic acids is 1. The Balaban J connectivity index is 1.38. The number of rotatable bonds is 3. The van der Waals surface area contributed by atoms with Crippen LogP contribution in [0.25, 0.3) is 0 Å². The van der Waals surface area contributed by atoms with E-state index in [2.05, 4.69) is 19.2 Å². The topological polar surface area (TPSA) is 66.0 Å². The van der Waals surface area contributed by atoms with Gasteiger partial charge < -0.3 is 14.8 Å². The number of fused-ring (bicyclic) bond motifs is 2. The zero-order chi connectivity index (χ0) is 21.1. The lowest BCUT2D eigenvalue weighted by Gasteiger charge is -2.60. The van der Waals surface area contributed by atoms with E-state index in [1.807, 2.05) is 6.92 Å². The van der Waals surface area contributed by atoms with Crippen molar-refractivity contribution in [2.45, 2.75) is 70.2 Å². The second-order valence-electron chi connectivity index (χ2n) is 9.63. The number of amides is 1. The highest BCUT2D eigenvalue weighted by Crippen LogP contribution is 2.60. The van der Waals surface area contributed by atoms with E-state index < -0.39 is 29.4 Å². The molecule has 4 saturated heterocycles. The third-order valence-electron chi connectivity index (χ3n) is 7.88. The molecule has 0 unspecified atom stereocenters. The lowest BCUT2D eigenvalue weighted by molar-refractivity contribution is -0.570. The van der Waals surface area contributed by atoms with Crippen LogP contribution >= 0.6 is 0 Å². The molecule has 5 aliphatic rings. The fourth-order valence-corrected chi connectivity index (χ4v) is 6.15. The van der Waals surface area contributed by atoms with Gasteiger partial charge in [-0.2, -0.15) is 0 Å². The second kappa shape index (κ2) is 7.26. The predicted molar refractivity (Wildman–Crippen MR) is 106 cm³/mol. The van der Waals surface area contributed by atoms with E-state index in [0.717, 1.165) is 25.7 Å². The van der Waals surface area contributed by atoms with Gasteiger partial charge in [-0.1, -0.05) is 26.0 Å². The average molecular weight is 419 g/mol. The Hall–Kier alpha value is -1.54. The Labute approximate surface area is 176 Å². The van der Waals surface area contributed by atoms with Gasteiger partial charge in [-0.3, -0.25) is 4.79 Å². The van der Waals surface area contributed by atoms with Gasteiger partial charge in [0, 0.05) is 18.9 Å². The first-order chi connectivity index (χ1) is 14.3. The first-order valence-corrected chi connectivity index (χ1v) is 11.1. The molecule has 5 fully saturated rings. The SMILES string of the molecule is C[C@H]1[C@@H](CNC(=O)c2ccccc2F)O[C@@H]2O[C@@]3(C)CC[C@H]4[C@H](C)CC[C@@H]1[C@@]24OO3. The Kier molecular flexibility index (Phi) is 4.93. The summed E-state index contributed by atoms with van der Waals surface area (Å²) in [6.07, 6.45) is 3.09. The molecule has 4 aliphatic heterocycles. The number of hydrogen-bond acceptors (Lipinski definition) is 5. The third kappa shape index (κ3) is 3.01. The Morgan fingerprint density at radius 3 is 2.77 bits per heavy atom. The van der Waals surface area contributed by atoms with Crippen LogP contribution in [-0.2, 0) is 19.2 Å². The summed E-state index contributed by atoms with van der Waals surface area (Å²) in [4.78, 5) is 24.5. The van der Waals surface area contributed by atoms with Crippen molar-refractivity contribution in [3.63, 3.8) is 0 Å². The average Bonchev–Trinajstić information content (AvgIpc) is 2.96. The van der Waals surface area contributed by atoms with Crippen LogP contribution in [0.1, 0.15) is 56.8 Å². The minimum Gasteiger partial charge on any atom is -0.349 e. The normalized spacial score (nSPS) is 44.8. The number of nitrogens with one attached hydrogen (secondary N) is 1. The predicted octanol–water partition coefficient (Wildman–Crippen LogP) is 3.81. The number of benzene rings is 1. The summed E-state index contributed by atoms with van der Waals surface area (Å²) in [6.45, 7) is 6.61. The highest BCUT2D eigenvalue weighted by molar-refractivity contribution is 5.94. The molecule has 1 aromatic rings. The van der Waals surface area contributed by atoms with Gasteiger partial charge in [0.05, 0.1) is 11.7 Å². The van der Waals surface area contributed by atoms with E-state index in [9.17, 15) is 9.18 Å². The standard InChI is InChI=1S/C23H30FNO5/c1-13-8-9-17-14(2)19(12-25-20(26)15-6-4-5-7-18(15)24)27-21-23(17)16(13)10-11-22(3,28-21)29-30-23/h4-7,13-14,16-17,19,21H,8-12H2,1-3H3,(H,25,26)/t13-,14-,16+,17+,19-,21-,22-,23-/m1/s1. The number of carbonyl (C=O) groups is 1. The lowest BCUT2D eigenvalue weighted by Crippen LogP contribution is -2.71. The molecule has 30 heavy (non-hydrogen) atoms. The van der Waals surface area contributed by atoms with Gasteiger partial charge in [0.1, 0.15) is 5.82 Å². The van der Waals surface area contributed by atoms with Crippen molar-refractivity contribution < 1.29 is 28.4 Å². The van der Waals surface area contributed by atoms with Gasteiger partial charge in [0.25, 0.3) is 5.91 Å². The van der Waals surface area contributed by atoms with E-state index in [1.54, 1.807) is 12.1 Å². The van der Waals surface area contributed by atoms with Crippen LogP contribution in [-0.4, -0.2) is 36.2 Å². The van der Waals surface area contributed by atoms with Crippen molar-refractivity contribution >= 4 is 5.91 Å². The van der Waals surface area contributed by atoms with Crippen LogP contribution in [0.15, 0.2) is 24.3 Å². The van der Waals surface area contributed by atoms with Gasteiger partial charge in [-0.15, -0.1) is 0 Å². The van der Waals surface area contributed by atoms with E-state index in [-0.39, 0.29) is 23.5 Å². The molecule has 0 aromatic heterocycles. The Morgan fingerprint density at radius 1 is 1.17 bits per heavy atom.